The Morgan fingerprint density at radius 2 is 2.06 bits per heavy atom. The van der Waals surface area contributed by atoms with Gasteiger partial charge in [-0.05, 0) is 6.07 Å². The molecule has 0 saturated carbocycles. The van der Waals surface area contributed by atoms with Crippen LogP contribution in [0.3, 0.4) is 0 Å². The van der Waals surface area contributed by atoms with Crippen LogP contribution < -0.4 is 0 Å². The standard InChI is InChI=1S/C12H9FN4/c13-10-4-2-1-3-9(10)6-17-8-16-11-5-14-7-15-12(11)17/h1-5,7-8H,6H2. The van der Waals surface area contributed by atoms with Crippen LogP contribution in [0.4, 0.5) is 4.39 Å². The third kappa shape index (κ3) is 1.75. The van der Waals surface area contributed by atoms with Gasteiger partial charge >= 0.3 is 0 Å². The molecule has 0 N–H and O–H groups in total. The van der Waals surface area contributed by atoms with Crippen LogP contribution in [0, 0.1) is 5.82 Å². The maximum atomic E-state index is 13.5. The Kier molecular flexibility index (Phi) is 2.29. The van der Waals surface area contributed by atoms with Gasteiger partial charge in [-0.1, -0.05) is 18.2 Å². The van der Waals surface area contributed by atoms with Gasteiger partial charge < -0.3 is 4.57 Å². The van der Waals surface area contributed by atoms with E-state index in [1.54, 1.807) is 29.2 Å². The number of aromatic nitrogens is 4. The summed E-state index contributed by atoms with van der Waals surface area (Å²) in [6.45, 7) is 0.417. The molecule has 0 bridgehead atoms. The molecule has 3 rings (SSSR count). The molecule has 0 radical (unpaired) electrons. The molecule has 0 saturated heterocycles. The van der Waals surface area contributed by atoms with Crippen molar-refractivity contribution in [1.82, 2.24) is 19.5 Å². The quantitative estimate of drug-likeness (QED) is 0.674. The number of benzene rings is 1. The van der Waals surface area contributed by atoms with Crippen LogP contribution in [0.2, 0.25) is 0 Å². The first-order valence-electron chi connectivity index (χ1n) is 5.19. The molecule has 3 aromatic rings. The molecule has 0 aliphatic carbocycles. The number of halogens is 1. The minimum atomic E-state index is -0.219. The molecular weight excluding hydrogens is 219 g/mol. The van der Waals surface area contributed by atoms with E-state index in [0.29, 0.717) is 23.3 Å². The summed E-state index contributed by atoms with van der Waals surface area (Å²) in [4.78, 5) is 12.2. The van der Waals surface area contributed by atoms with Crippen molar-refractivity contribution in [3.8, 4) is 0 Å². The van der Waals surface area contributed by atoms with Gasteiger partial charge in [-0.25, -0.2) is 19.3 Å². The molecular formula is C12H9FN4. The van der Waals surface area contributed by atoms with Crippen molar-refractivity contribution < 1.29 is 4.39 Å². The van der Waals surface area contributed by atoms with Gasteiger partial charge in [-0.3, -0.25) is 0 Å². The number of nitrogens with zero attached hydrogens (tertiary/aromatic N) is 4. The topological polar surface area (TPSA) is 43.6 Å². The summed E-state index contributed by atoms with van der Waals surface area (Å²) in [7, 11) is 0. The first kappa shape index (κ1) is 9.89. The molecule has 2 heterocycles. The number of rotatable bonds is 2. The first-order chi connectivity index (χ1) is 8.34. The summed E-state index contributed by atoms with van der Waals surface area (Å²) in [6.07, 6.45) is 4.74. The van der Waals surface area contributed by atoms with E-state index in [1.165, 1.54) is 12.4 Å². The fraction of sp³-hybridized carbons (Fsp3) is 0.0833. The van der Waals surface area contributed by atoms with Gasteiger partial charge in [-0.2, -0.15) is 0 Å². The lowest BCUT2D eigenvalue weighted by Gasteiger charge is -2.04. The van der Waals surface area contributed by atoms with E-state index in [9.17, 15) is 4.39 Å². The van der Waals surface area contributed by atoms with Crippen molar-refractivity contribution in [3.05, 3.63) is 54.5 Å². The molecule has 0 fully saturated rings. The van der Waals surface area contributed by atoms with Crippen molar-refractivity contribution in [2.45, 2.75) is 6.54 Å². The van der Waals surface area contributed by atoms with Crippen LogP contribution in [-0.2, 0) is 6.54 Å². The van der Waals surface area contributed by atoms with Gasteiger partial charge in [-0.15, -0.1) is 0 Å². The van der Waals surface area contributed by atoms with E-state index in [4.69, 9.17) is 0 Å². The maximum Gasteiger partial charge on any atom is 0.163 e. The Hall–Kier alpha value is -2.30. The third-order valence-corrected chi connectivity index (χ3v) is 2.58. The van der Waals surface area contributed by atoms with E-state index < -0.39 is 0 Å². The Bertz CT molecular complexity index is 662. The summed E-state index contributed by atoms with van der Waals surface area (Å²) in [5, 5.41) is 0. The van der Waals surface area contributed by atoms with E-state index in [2.05, 4.69) is 15.0 Å². The predicted octanol–water partition coefficient (Wildman–Crippen LogP) is 2.01. The minimum absolute atomic E-state index is 0.219. The highest BCUT2D eigenvalue weighted by Crippen LogP contribution is 2.12. The molecule has 2 aromatic heterocycles. The number of hydrogen-bond acceptors (Lipinski definition) is 3. The molecule has 0 unspecified atom stereocenters. The smallest absolute Gasteiger partial charge is 0.163 e. The van der Waals surface area contributed by atoms with E-state index >= 15 is 0 Å². The second kappa shape index (κ2) is 3.93. The van der Waals surface area contributed by atoms with Gasteiger partial charge in [0, 0.05) is 5.56 Å². The maximum absolute atomic E-state index is 13.5. The average Bonchev–Trinajstić information content (AvgIpc) is 2.76. The number of imidazole rings is 1. The number of hydrogen-bond donors (Lipinski definition) is 0. The molecule has 1 aromatic carbocycles. The van der Waals surface area contributed by atoms with Gasteiger partial charge in [0.1, 0.15) is 17.7 Å². The zero-order valence-electron chi connectivity index (χ0n) is 8.92. The van der Waals surface area contributed by atoms with E-state index in [0.717, 1.165) is 0 Å². The molecule has 84 valence electrons. The Morgan fingerprint density at radius 1 is 1.18 bits per heavy atom. The van der Waals surface area contributed by atoms with E-state index in [-0.39, 0.29) is 5.82 Å². The molecule has 0 amide bonds. The number of fused-ring (bicyclic) bond motifs is 1. The van der Waals surface area contributed by atoms with Crippen LogP contribution in [-0.4, -0.2) is 19.5 Å². The van der Waals surface area contributed by atoms with Crippen molar-refractivity contribution >= 4 is 11.2 Å². The highest BCUT2D eigenvalue weighted by molar-refractivity contribution is 5.68. The monoisotopic (exact) mass is 228 g/mol. The van der Waals surface area contributed by atoms with Crippen molar-refractivity contribution in [2.75, 3.05) is 0 Å². The lowest BCUT2D eigenvalue weighted by Crippen LogP contribution is -2.01. The van der Waals surface area contributed by atoms with Crippen LogP contribution in [0.1, 0.15) is 5.56 Å². The fourth-order valence-corrected chi connectivity index (χ4v) is 1.74. The molecule has 0 aliphatic rings. The minimum Gasteiger partial charge on any atom is -0.311 e. The highest BCUT2D eigenvalue weighted by atomic mass is 19.1. The molecule has 0 atom stereocenters. The third-order valence-electron chi connectivity index (χ3n) is 2.58. The van der Waals surface area contributed by atoms with Crippen molar-refractivity contribution in [3.63, 3.8) is 0 Å². The lowest BCUT2D eigenvalue weighted by atomic mass is 10.2. The van der Waals surface area contributed by atoms with Crippen LogP contribution >= 0.6 is 0 Å². The molecule has 4 nitrogen and oxygen atoms in total. The second-order valence-corrected chi connectivity index (χ2v) is 3.70. The van der Waals surface area contributed by atoms with Gasteiger partial charge in [0.2, 0.25) is 0 Å². The van der Waals surface area contributed by atoms with Crippen molar-refractivity contribution in [1.29, 1.82) is 0 Å². The largest absolute Gasteiger partial charge is 0.311 e. The summed E-state index contributed by atoms with van der Waals surface area (Å²) in [5.41, 5.74) is 2.04. The van der Waals surface area contributed by atoms with Crippen LogP contribution in [0.15, 0.2) is 43.1 Å². The Morgan fingerprint density at radius 3 is 2.94 bits per heavy atom. The summed E-state index contributed by atoms with van der Waals surface area (Å²) < 4.78 is 15.3. The van der Waals surface area contributed by atoms with E-state index in [1.807, 2.05) is 6.07 Å². The molecule has 5 heteroatoms. The SMILES string of the molecule is Fc1ccccc1Cn1cnc2cncnc21. The van der Waals surface area contributed by atoms with Crippen LogP contribution in [0.5, 0.6) is 0 Å². The molecule has 0 aliphatic heterocycles. The molecule has 17 heavy (non-hydrogen) atoms. The average molecular weight is 228 g/mol. The summed E-state index contributed by atoms with van der Waals surface area (Å²) >= 11 is 0. The Balaban J connectivity index is 2.03. The van der Waals surface area contributed by atoms with Crippen LogP contribution in [0.25, 0.3) is 11.2 Å². The second-order valence-electron chi connectivity index (χ2n) is 3.70. The lowest BCUT2D eigenvalue weighted by molar-refractivity contribution is 0.601. The summed E-state index contributed by atoms with van der Waals surface area (Å²) in [6, 6.07) is 6.69. The fourth-order valence-electron chi connectivity index (χ4n) is 1.74. The zero-order chi connectivity index (χ0) is 11.7. The Labute approximate surface area is 96.8 Å². The van der Waals surface area contributed by atoms with Crippen molar-refractivity contribution in [2.24, 2.45) is 0 Å². The summed E-state index contributed by atoms with van der Waals surface area (Å²) in [5.74, 6) is -0.219. The molecule has 0 spiro atoms. The zero-order valence-corrected chi connectivity index (χ0v) is 8.92. The van der Waals surface area contributed by atoms with Gasteiger partial charge in [0.05, 0.1) is 19.1 Å². The predicted molar refractivity (Wildman–Crippen MR) is 60.8 cm³/mol. The first-order valence-corrected chi connectivity index (χ1v) is 5.19. The van der Waals surface area contributed by atoms with Gasteiger partial charge in [0.15, 0.2) is 5.65 Å². The highest BCUT2D eigenvalue weighted by Gasteiger charge is 2.06. The van der Waals surface area contributed by atoms with Gasteiger partial charge in [0.25, 0.3) is 0 Å². The normalized spacial score (nSPS) is 10.9.